The van der Waals surface area contributed by atoms with Crippen LogP contribution in [0.4, 0.5) is 11.6 Å². The number of nitrogens with zero attached hydrogens (tertiary/aromatic N) is 6. The highest BCUT2D eigenvalue weighted by Crippen LogP contribution is 2.25. The summed E-state index contributed by atoms with van der Waals surface area (Å²) < 4.78 is 5.32. The Kier molecular flexibility index (Phi) is 3.56. The summed E-state index contributed by atoms with van der Waals surface area (Å²) in [4.78, 5) is 0. The van der Waals surface area contributed by atoms with Gasteiger partial charge in [0.15, 0.2) is 11.6 Å². The largest absolute Gasteiger partial charge is 0.249 e. The summed E-state index contributed by atoms with van der Waals surface area (Å²) in [6.45, 7) is 0. The number of azo groups is 1. The molecule has 0 aliphatic heterocycles. The zero-order chi connectivity index (χ0) is 11.7. The second-order valence-corrected chi connectivity index (χ2v) is 5.40. The normalized spacial score (nSPS) is 11.5. The molecule has 0 aromatic carbocycles. The predicted molar refractivity (Wildman–Crippen MR) is 76.0 cm³/mol. The second kappa shape index (κ2) is 4.77. The molecule has 2 heterocycles. The minimum Gasteiger partial charge on any atom is -0.249 e. The Morgan fingerprint density at radius 1 is 0.938 bits per heavy atom. The van der Waals surface area contributed by atoms with Gasteiger partial charge in [0, 0.05) is 14.1 Å². The fourth-order valence-corrected chi connectivity index (χ4v) is 2.29. The number of hydrogen-bond acceptors (Lipinski definition) is 4. The molecule has 0 fully saturated rings. The van der Waals surface area contributed by atoms with E-state index in [-0.39, 0.29) is 0 Å². The van der Waals surface area contributed by atoms with Gasteiger partial charge in [0.2, 0.25) is 0 Å². The van der Waals surface area contributed by atoms with E-state index in [4.69, 9.17) is 0 Å². The van der Waals surface area contributed by atoms with Crippen LogP contribution in [-0.2, 0) is 14.1 Å². The second-order valence-electron chi connectivity index (χ2n) is 3.08. The molecule has 84 valence electrons. The number of aromatic nitrogens is 4. The molecule has 2 aromatic heterocycles. The number of aryl methyl sites for hydroxylation is 2. The quantitative estimate of drug-likeness (QED) is 0.531. The third kappa shape index (κ3) is 2.26. The van der Waals surface area contributed by atoms with Crippen molar-refractivity contribution in [3.05, 3.63) is 19.5 Å². The summed E-state index contributed by atoms with van der Waals surface area (Å²) >= 11 is 4.36. The minimum absolute atomic E-state index is 0.748. The third-order valence-electron chi connectivity index (χ3n) is 1.97. The molecule has 0 unspecified atom stereocenters. The minimum atomic E-state index is 0.748. The van der Waals surface area contributed by atoms with Crippen LogP contribution in [0.2, 0.25) is 0 Å². The molecule has 0 saturated carbocycles. The summed E-state index contributed by atoms with van der Waals surface area (Å²) in [7, 11) is 3.68. The number of rotatable bonds is 2. The summed E-state index contributed by atoms with van der Waals surface area (Å²) in [5, 5.41) is 16.5. The van der Waals surface area contributed by atoms with Gasteiger partial charge in [-0.15, -0.1) is 10.2 Å². The molecule has 2 rings (SSSR count). The van der Waals surface area contributed by atoms with Gasteiger partial charge in [0.25, 0.3) is 0 Å². The smallest absolute Gasteiger partial charge is 0.186 e. The van der Waals surface area contributed by atoms with Crippen molar-refractivity contribution in [1.29, 1.82) is 0 Å². The van der Waals surface area contributed by atoms with E-state index >= 15 is 0 Å². The molecule has 8 heteroatoms. The van der Waals surface area contributed by atoms with E-state index in [1.807, 2.05) is 14.1 Å². The molecule has 0 aliphatic rings. The maximum atomic E-state index is 4.18. The molecule has 0 aliphatic carbocycles. The highest BCUT2D eigenvalue weighted by molar-refractivity contribution is 14.1. The Morgan fingerprint density at radius 3 is 1.56 bits per heavy atom. The zero-order valence-corrected chi connectivity index (χ0v) is 12.9. The van der Waals surface area contributed by atoms with Crippen LogP contribution in [0.25, 0.3) is 0 Å². The van der Waals surface area contributed by atoms with Gasteiger partial charge >= 0.3 is 0 Å². The van der Waals surface area contributed by atoms with Gasteiger partial charge in [0.05, 0.1) is 19.5 Å². The van der Waals surface area contributed by atoms with Crippen molar-refractivity contribution >= 4 is 56.8 Å². The van der Waals surface area contributed by atoms with Gasteiger partial charge in [-0.3, -0.25) is 0 Å². The van der Waals surface area contributed by atoms with Crippen LogP contribution >= 0.6 is 45.2 Å². The highest BCUT2D eigenvalue weighted by Gasteiger charge is 2.07. The Morgan fingerprint density at radius 2 is 1.31 bits per heavy atom. The summed E-state index contributed by atoms with van der Waals surface area (Å²) in [6.07, 6.45) is 3.51. The molecule has 0 atom stereocenters. The van der Waals surface area contributed by atoms with Gasteiger partial charge in [-0.25, -0.2) is 9.36 Å². The van der Waals surface area contributed by atoms with Crippen molar-refractivity contribution in [2.24, 2.45) is 24.3 Å². The molecule has 0 amide bonds. The van der Waals surface area contributed by atoms with Gasteiger partial charge < -0.3 is 0 Å². The first-order valence-corrected chi connectivity index (χ1v) is 6.52. The molecule has 0 radical (unpaired) electrons. The maximum absolute atomic E-state index is 4.18. The molecular weight excluding hydrogens is 434 g/mol. The summed E-state index contributed by atoms with van der Waals surface area (Å²) in [6, 6.07) is 0. The Bertz CT molecular complexity index is 453. The first kappa shape index (κ1) is 12.0. The van der Waals surface area contributed by atoms with Crippen LogP contribution in [0.15, 0.2) is 22.6 Å². The Balaban J connectivity index is 2.35. The lowest BCUT2D eigenvalue weighted by Gasteiger charge is -1.95. The Labute approximate surface area is 119 Å². The average molecular weight is 442 g/mol. The average Bonchev–Trinajstić information content (AvgIpc) is 2.72. The van der Waals surface area contributed by atoms with Gasteiger partial charge in [0.1, 0.15) is 0 Å². The highest BCUT2D eigenvalue weighted by atomic mass is 127. The summed E-state index contributed by atoms with van der Waals surface area (Å²) in [5.74, 6) is 1.50. The van der Waals surface area contributed by atoms with Crippen LogP contribution in [0.3, 0.4) is 0 Å². The van der Waals surface area contributed by atoms with Crippen molar-refractivity contribution in [2.45, 2.75) is 0 Å². The molecule has 0 bridgehead atoms. The van der Waals surface area contributed by atoms with E-state index in [1.165, 1.54) is 0 Å². The monoisotopic (exact) mass is 442 g/mol. The van der Waals surface area contributed by atoms with Crippen LogP contribution in [0.5, 0.6) is 0 Å². The first-order chi connectivity index (χ1) is 7.59. The topological polar surface area (TPSA) is 60.4 Å². The molecular formula is C8H8I2N6. The molecule has 0 N–H and O–H groups in total. The van der Waals surface area contributed by atoms with Crippen molar-refractivity contribution in [3.63, 3.8) is 0 Å². The van der Waals surface area contributed by atoms with Crippen LogP contribution < -0.4 is 0 Å². The molecule has 2 aromatic rings. The lowest BCUT2D eigenvalue weighted by atomic mass is 10.6. The van der Waals surface area contributed by atoms with Crippen molar-refractivity contribution < 1.29 is 0 Å². The SMILES string of the molecule is Cn1ncc(I)c1/N=N/c1c(I)cnn1C. The van der Waals surface area contributed by atoms with Crippen molar-refractivity contribution in [3.8, 4) is 0 Å². The van der Waals surface area contributed by atoms with Crippen LogP contribution in [0, 0.1) is 7.14 Å². The van der Waals surface area contributed by atoms with Crippen LogP contribution in [-0.4, -0.2) is 19.6 Å². The third-order valence-corrected chi connectivity index (χ3v) is 3.49. The summed E-state index contributed by atoms with van der Waals surface area (Å²) in [5.41, 5.74) is 0. The zero-order valence-electron chi connectivity index (χ0n) is 8.59. The van der Waals surface area contributed by atoms with E-state index in [1.54, 1.807) is 21.8 Å². The number of halogens is 2. The maximum Gasteiger partial charge on any atom is 0.186 e. The molecule has 6 nitrogen and oxygen atoms in total. The van der Waals surface area contributed by atoms with E-state index in [0.29, 0.717) is 0 Å². The Hall–Kier alpha value is -0.520. The van der Waals surface area contributed by atoms with Gasteiger partial charge in [-0.1, -0.05) is 0 Å². The fraction of sp³-hybridized carbons (Fsp3) is 0.250. The van der Waals surface area contributed by atoms with Gasteiger partial charge in [-0.05, 0) is 45.2 Å². The van der Waals surface area contributed by atoms with E-state index in [9.17, 15) is 0 Å². The lowest BCUT2D eigenvalue weighted by Crippen LogP contribution is -1.89. The molecule has 0 spiro atoms. The molecule has 16 heavy (non-hydrogen) atoms. The van der Waals surface area contributed by atoms with E-state index in [2.05, 4.69) is 65.6 Å². The molecule has 0 saturated heterocycles. The number of hydrogen-bond donors (Lipinski definition) is 0. The van der Waals surface area contributed by atoms with Crippen LogP contribution in [0.1, 0.15) is 0 Å². The first-order valence-electron chi connectivity index (χ1n) is 4.36. The van der Waals surface area contributed by atoms with Gasteiger partial charge in [-0.2, -0.15) is 10.2 Å². The van der Waals surface area contributed by atoms with Crippen molar-refractivity contribution in [1.82, 2.24) is 19.6 Å². The standard InChI is InChI=1S/C8H8I2N6/c1-15-7(5(9)3-11-15)13-14-8-6(10)4-12-16(8)2/h3-4H,1-2H3/b14-13+. The van der Waals surface area contributed by atoms with Crippen molar-refractivity contribution in [2.75, 3.05) is 0 Å². The lowest BCUT2D eigenvalue weighted by molar-refractivity contribution is 0.748. The fourth-order valence-electron chi connectivity index (χ4n) is 1.13. The van der Waals surface area contributed by atoms with E-state index < -0.39 is 0 Å². The predicted octanol–water partition coefficient (Wildman–Crippen LogP) is 2.78. The van der Waals surface area contributed by atoms with E-state index in [0.717, 1.165) is 18.8 Å².